The predicted molar refractivity (Wildman–Crippen MR) is 118 cm³/mol. The van der Waals surface area contributed by atoms with Gasteiger partial charge >= 0.3 is 0 Å². The van der Waals surface area contributed by atoms with E-state index in [1.807, 2.05) is 35.2 Å². The quantitative estimate of drug-likeness (QED) is 0.637. The van der Waals surface area contributed by atoms with Crippen LogP contribution in [0.25, 0.3) is 0 Å². The molecule has 0 saturated carbocycles. The summed E-state index contributed by atoms with van der Waals surface area (Å²) in [6.07, 6.45) is 0. The zero-order valence-electron chi connectivity index (χ0n) is 18.5. The van der Waals surface area contributed by atoms with Crippen molar-refractivity contribution < 1.29 is 13.9 Å². The van der Waals surface area contributed by atoms with Crippen LogP contribution in [0.4, 0.5) is 4.39 Å². The summed E-state index contributed by atoms with van der Waals surface area (Å²) in [6.45, 7) is 9.96. The molecule has 2 aromatic carbocycles. The monoisotopic (exact) mass is 412 g/mol. The summed E-state index contributed by atoms with van der Waals surface area (Å²) in [6, 6.07) is 14.9. The highest BCUT2D eigenvalue weighted by Gasteiger charge is 2.35. The van der Waals surface area contributed by atoms with E-state index >= 15 is 0 Å². The molecule has 2 unspecified atom stereocenters. The van der Waals surface area contributed by atoms with Crippen LogP contribution in [0.2, 0.25) is 0 Å². The molecule has 5 heteroatoms. The number of halogens is 1. The van der Waals surface area contributed by atoms with Gasteiger partial charge in [-0.2, -0.15) is 0 Å². The highest BCUT2D eigenvalue weighted by molar-refractivity contribution is 5.73. The van der Waals surface area contributed by atoms with Gasteiger partial charge in [0.25, 0.3) is 0 Å². The summed E-state index contributed by atoms with van der Waals surface area (Å²) in [5.74, 6) is 1.77. The summed E-state index contributed by atoms with van der Waals surface area (Å²) >= 11 is 0. The minimum atomic E-state index is -0.218. The summed E-state index contributed by atoms with van der Waals surface area (Å²) in [5, 5.41) is 0. The summed E-state index contributed by atoms with van der Waals surface area (Å²) < 4.78 is 19.0. The molecule has 30 heavy (non-hydrogen) atoms. The van der Waals surface area contributed by atoms with Gasteiger partial charge in [0.2, 0.25) is 5.91 Å². The van der Waals surface area contributed by atoms with E-state index in [4.69, 9.17) is 4.74 Å². The number of likely N-dealkylation sites (tertiary alicyclic amines) is 1. The molecule has 1 aliphatic heterocycles. The smallest absolute Gasteiger partial charge is 0.219 e. The molecular formula is C25H33FN2O2. The van der Waals surface area contributed by atoms with Crippen LogP contribution in [0.1, 0.15) is 37.8 Å². The Morgan fingerprint density at radius 2 is 1.87 bits per heavy atom. The Morgan fingerprint density at radius 1 is 1.17 bits per heavy atom. The van der Waals surface area contributed by atoms with E-state index < -0.39 is 0 Å². The van der Waals surface area contributed by atoms with Crippen LogP contribution in [0.5, 0.6) is 5.75 Å². The third-order valence-corrected chi connectivity index (χ3v) is 5.89. The second kappa shape index (κ2) is 10.1. The molecule has 0 spiro atoms. The molecule has 3 rings (SSSR count). The molecule has 0 bridgehead atoms. The zero-order chi connectivity index (χ0) is 21.7. The first kappa shape index (κ1) is 22.3. The first-order chi connectivity index (χ1) is 14.4. The third-order valence-electron chi connectivity index (χ3n) is 5.89. The maximum Gasteiger partial charge on any atom is 0.219 e. The zero-order valence-corrected chi connectivity index (χ0v) is 18.5. The lowest BCUT2D eigenvalue weighted by Gasteiger charge is -2.29. The van der Waals surface area contributed by atoms with Crippen molar-refractivity contribution in [3.63, 3.8) is 0 Å². The SMILES string of the molecule is COc1ccccc1CN1CC(CN(CC(C)C)C(C)=O)C(c2ccc(F)cc2)C1. The number of para-hydroxylation sites is 1. The number of hydrogen-bond acceptors (Lipinski definition) is 3. The van der Waals surface area contributed by atoms with Crippen LogP contribution in [-0.2, 0) is 11.3 Å². The Morgan fingerprint density at radius 3 is 2.50 bits per heavy atom. The first-order valence-electron chi connectivity index (χ1n) is 10.7. The Bertz CT molecular complexity index is 837. The van der Waals surface area contributed by atoms with E-state index in [0.717, 1.165) is 49.6 Å². The van der Waals surface area contributed by atoms with Crippen molar-refractivity contribution >= 4 is 5.91 Å². The molecule has 2 atom stereocenters. The number of amides is 1. The Kier molecular flexibility index (Phi) is 7.48. The normalized spacial score (nSPS) is 19.3. The predicted octanol–water partition coefficient (Wildman–Crippen LogP) is 4.55. The van der Waals surface area contributed by atoms with Crippen molar-refractivity contribution in [3.8, 4) is 5.75 Å². The summed E-state index contributed by atoms with van der Waals surface area (Å²) in [7, 11) is 1.70. The number of nitrogens with zero attached hydrogens (tertiary/aromatic N) is 2. The van der Waals surface area contributed by atoms with Crippen LogP contribution >= 0.6 is 0 Å². The molecule has 1 heterocycles. The molecule has 2 aromatic rings. The van der Waals surface area contributed by atoms with Crippen molar-refractivity contribution in [1.29, 1.82) is 0 Å². The van der Waals surface area contributed by atoms with Crippen LogP contribution in [-0.4, -0.2) is 49.0 Å². The third kappa shape index (κ3) is 5.60. The van der Waals surface area contributed by atoms with Gasteiger partial charge in [-0.1, -0.05) is 44.2 Å². The molecule has 1 saturated heterocycles. The number of ether oxygens (including phenoxy) is 1. The van der Waals surface area contributed by atoms with Gasteiger partial charge in [-0.25, -0.2) is 4.39 Å². The maximum absolute atomic E-state index is 13.5. The molecule has 0 radical (unpaired) electrons. The van der Waals surface area contributed by atoms with Crippen molar-refractivity contribution in [2.75, 3.05) is 33.3 Å². The van der Waals surface area contributed by atoms with Gasteiger partial charge in [-0.3, -0.25) is 9.69 Å². The van der Waals surface area contributed by atoms with E-state index in [1.54, 1.807) is 14.0 Å². The van der Waals surface area contributed by atoms with Crippen LogP contribution in [0.3, 0.4) is 0 Å². The molecule has 0 N–H and O–H groups in total. The minimum Gasteiger partial charge on any atom is -0.496 e. The first-order valence-corrected chi connectivity index (χ1v) is 10.7. The second-order valence-electron chi connectivity index (χ2n) is 8.74. The van der Waals surface area contributed by atoms with Crippen molar-refractivity contribution in [3.05, 3.63) is 65.5 Å². The lowest BCUT2D eigenvalue weighted by molar-refractivity contribution is -0.130. The number of methoxy groups -OCH3 is 1. The fourth-order valence-electron chi connectivity index (χ4n) is 4.49. The standard InChI is InChI=1S/C25H33FN2O2/c1-18(2)13-28(19(3)29)16-22-15-27(14-21-7-5-6-8-25(21)30-4)17-24(22)20-9-11-23(26)12-10-20/h5-12,18,22,24H,13-17H2,1-4H3. The molecule has 1 fully saturated rings. The Labute approximate surface area is 179 Å². The second-order valence-corrected chi connectivity index (χ2v) is 8.74. The van der Waals surface area contributed by atoms with E-state index in [9.17, 15) is 9.18 Å². The maximum atomic E-state index is 13.5. The summed E-state index contributed by atoms with van der Waals surface area (Å²) in [4.78, 5) is 16.6. The molecule has 1 amide bonds. The number of carbonyl (C=O) groups excluding carboxylic acids is 1. The number of benzene rings is 2. The van der Waals surface area contributed by atoms with Crippen LogP contribution < -0.4 is 4.74 Å². The number of carbonyl (C=O) groups is 1. The Hall–Kier alpha value is -2.40. The molecule has 0 aromatic heterocycles. The van der Waals surface area contributed by atoms with Gasteiger partial charge in [-0.15, -0.1) is 0 Å². The average molecular weight is 413 g/mol. The molecule has 162 valence electrons. The van der Waals surface area contributed by atoms with Gasteiger partial charge < -0.3 is 9.64 Å². The van der Waals surface area contributed by atoms with Crippen LogP contribution in [0, 0.1) is 17.7 Å². The van der Waals surface area contributed by atoms with Crippen molar-refractivity contribution in [2.24, 2.45) is 11.8 Å². The van der Waals surface area contributed by atoms with Crippen molar-refractivity contribution in [1.82, 2.24) is 9.80 Å². The van der Waals surface area contributed by atoms with E-state index in [0.29, 0.717) is 11.8 Å². The van der Waals surface area contributed by atoms with Gasteiger partial charge in [0.05, 0.1) is 7.11 Å². The number of rotatable bonds is 8. The Balaban J connectivity index is 1.81. The van der Waals surface area contributed by atoms with E-state index in [-0.39, 0.29) is 17.6 Å². The van der Waals surface area contributed by atoms with Crippen LogP contribution in [0.15, 0.2) is 48.5 Å². The lowest BCUT2D eigenvalue weighted by Crippen LogP contribution is -2.38. The molecule has 0 aliphatic carbocycles. The highest BCUT2D eigenvalue weighted by atomic mass is 19.1. The fraction of sp³-hybridized carbons (Fsp3) is 0.480. The molecule has 4 nitrogen and oxygen atoms in total. The highest BCUT2D eigenvalue weighted by Crippen LogP contribution is 2.35. The largest absolute Gasteiger partial charge is 0.496 e. The molecular weight excluding hydrogens is 379 g/mol. The lowest BCUT2D eigenvalue weighted by atomic mass is 9.88. The fourth-order valence-corrected chi connectivity index (χ4v) is 4.49. The van der Waals surface area contributed by atoms with Gasteiger partial charge in [0, 0.05) is 51.1 Å². The topological polar surface area (TPSA) is 32.8 Å². The van der Waals surface area contributed by atoms with Crippen molar-refractivity contribution in [2.45, 2.75) is 33.2 Å². The van der Waals surface area contributed by atoms with E-state index in [1.165, 1.54) is 12.1 Å². The number of hydrogen-bond donors (Lipinski definition) is 0. The van der Waals surface area contributed by atoms with E-state index in [2.05, 4.69) is 24.8 Å². The van der Waals surface area contributed by atoms with Gasteiger partial charge in [0.1, 0.15) is 11.6 Å². The molecule has 1 aliphatic rings. The average Bonchev–Trinajstić information content (AvgIpc) is 3.10. The minimum absolute atomic E-state index is 0.115. The van der Waals surface area contributed by atoms with Gasteiger partial charge in [-0.05, 0) is 35.6 Å². The summed E-state index contributed by atoms with van der Waals surface area (Å²) in [5.41, 5.74) is 2.29. The van der Waals surface area contributed by atoms with Gasteiger partial charge in [0.15, 0.2) is 0 Å².